The number of rotatable bonds is 7. The number of amides is 1. The lowest BCUT2D eigenvalue weighted by molar-refractivity contribution is -0.120. The zero-order valence-corrected chi connectivity index (χ0v) is 15.4. The molecule has 7 heteroatoms. The summed E-state index contributed by atoms with van der Waals surface area (Å²) in [5.41, 5.74) is 1.10. The van der Waals surface area contributed by atoms with E-state index in [-0.39, 0.29) is 18.4 Å². The molecule has 0 bridgehead atoms. The molecule has 2 heterocycles. The van der Waals surface area contributed by atoms with E-state index < -0.39 is 0 Å². The molecule has 1 fully saturated rings. The van der Waals surface area contributed by atoms with Crippen LogP contribution in [0.3, 0.4) is 0 Å². The highest BCUT2D eigenvalue weighted by atomic mass is 16.5. The van der Waals surface area contributed by atoms with Crippen LogP contribution in [0.4, 0.5) is 0 Å². The second-order valence-electron chi connectivity index (χ2n) is 6.56. The topological polar surface area (TPSA) is 80.5 Å². The van der Waals surface area contributed by atoms with Crippen LogP contribution in [0.1, 0.15) is 42.6 Å². The lowest BCUT2D eigenvalue weighted by atomic mass is 10.0. The van der Waals surface area contributed by atoms with Crippen molar-refractivity contribution in [1.29, 1.82) is 0 Å². The number of likely N-dealkylation sites (tertiary alicyclic amines) is 1. The van der Waals surface area contributed by atoms with E-state index in [0.717, 1.165) is 24.4 Å². The van der Waals surface area contributed by atoms with Crippen LogP contribution in [0, 0.1) is 6.92 Å². The van der Waals surface area contributed by atoms with Crippen molar-refractivity contribution in [2.75, 3.05) is 26.7 Å². The van der Waals surface area contributed by atoms with E-state index in [1.54, 1.807) is 14.0 Å². The average molecular weight is 358 g/mol. The van der Waals surface area contributed by atoms with Crippen LogP contribution in [0.25, 0.3) is 0 Å². The molecule has 0 saturated carbocycles. The van der Waals surface area contributed by atoms with E-state index in [1.165, 1.54) is 19.3 Å². The third-order valence-corrected chi connectivity index (χ3v) is 4.71. The molecule has 0 spiro atoms. The number of nitrogens with zero attached hydrogens (tertiary/aromatic N) is 3. The number of nitrogens with one attached hydrogen (secondary N) is 1. The lowest BCUT2D eigenvalue weighted by Crippen LogP contribution is -2.41. The van der Waals surface area contributed by atoms with Crippen LogP contribution in [0.2, 0.25) is 0 Å². The highest BCUT2D eigenvalue weighted by molar-refractivity contribution is 5.77. The Morgan fingerprint density at radius 3 is 2.77 bits per heavy atom. The number of piperidine rings is 1. The second kappa shape index (κ2) is 8.80. The molecule has 140 valence electrons. The molecule has 3 rings (SSSR count). The number of carbonyl (C=O) groups is 1. The SMILES string of the molecule is COc1ccccc1C(CNC(=O)Cc1noc(C)n1)N1CCCCC1. The Bertz CT molecular complexity index is 725. The molecule has 0 aliphatic carbocycles. The van der Waals surface area contributed by atoms with Gasteiger partial charge in [0.15, 0.2) is 5.82 Å². The first-order chi connectivity index (χ1) is 12.7. The maximum Gasteiger partial charge on any atom is 0.227 e. The Kier molecular flexibility index (Phi) is 6.22. The van der Waals surface area contributed by atoms with Crippen LogP contribution in [0.5, 0.6) is 5.75 Å². The molecular formula is C19H26N4O3. The molecule has 1 N–H and O–H groups in total. The number of ether oxygens (including phenoxy) is 1. The first kappa shape index (κ1) is 18.4. The lowest BCUT2D eigenvalue weighted by Gasteiger charge is -2.35. The molecule has 1 aromatic heterocycles. The third-order valence-electron chi connectivity index (χ3n) is 4.71. The number of aryl methyl sites for hydroxylation is 1. The number of aromatic nitrogens is 2. The summed E-state index contributed by atoms with van der Waals surface area (Å²) >= 11 is 0. The van der Waals surface area contributed by atoms with Gasteiger partial charge in [0.2, 0.25) is 11.8 Å². The predicted octanol–water partition coefficient (Wildman–Crippen LogP) is 2.27. The highest BCUT2D eigenvalue weighted by Crippen LogP contribution is 2.30. The summed E-state index contributed by atoms with van der Waals surface area (Å²) in [5, 5.41) is 6.81. The molecule has 1 aliphatic rings. The van der Waals surface area contributed by atoms with Crippen molar-refractivity contribution in [1.82, 2.24) is 20.4 Å². The van der Waals surface area contributed by atoms with Gasteiger partial charge < -0.3 is 14.6 Å². The molecule has 1 aromatic carbocycles. The van der Waals surface area contributed by atoms with E-state index >= 15 is 0 Å². The Hall–Kier alpha value is -2.41. The van der Waals surface area contributed by atoms with E-state index in [0.29, 0.717) is 18.3 Å². The number of benzene rings is 1. The maximum atomic E-state index is 12.3. The Balaban J connectivity index is 1.70. The molecule has 0 radical (unpaired) electrons. The number of methoxy groups -OCH3 is 1. The molecular weight excluding hydrogens is 332 g/mol. The minimum Gasteiger partial charge on any atom is -0.496 e. The molecule has 1 atom stereocenters. The number of hydrogen-bond acceptors (Lipinski definition) is 6. The zero-order chi connectivity index (χ0) is 18.4. The summed E-state index contributed by atoms with van der Waals surface area (Å²) < 4.78 is 10.5. The predicted molar refractivity (Wildman–Crippen MR) is 96.9 cm³/mol. The van der Waals surface area contributed by atoms with Gasteiger partial charge in [-0.3, -0.25) is 9.69 Å². The summed E-state index contributed by atoms with van der Waals surface area (Å²) in [4.78, 5) is 18.8. The fraction of sp³-hybridized carbons (Fsp3) is 0.526. The van der Waals surface area contributed by atoms with Gasteiger partial charge in [-0.2, -0.15) is 4.98 Å². The van der Waals surface area contributed by atoms with Gasteiger partial charge in [0.05, 0.1) is 19.6 Å². The van der Waals surface area contributed by atoms with Gasteiger partial charge in [-0.1, -0.05) is 29.8 Å². The van der Waals surface area contributed by atoms with Crippen molar-refractivity contribution in [3.63, 3.8) is 0 Å². The van der Waals surface area contributed by atoms with Crippen molar-refractivity contribution in [2.45, 2.75) is 38.6 Å². The summed E-state index contributed by atoms with van der Waals surface area (Å²) in [6, 6.07) is 8.11. The van der Waals surface area contributed by atoms with Crippen LogP contribution in [-0.4, -0.2) is 47.7 Å². The molecule has 7 nitrogen and oxygen atoms in total. The van der Waals surface area contributed by atoms with Crippen molar-refractivity contribution < 1.29 is 14.1 Å². The fourth-order valence-corrected chi connectivity index (χ4v) is 3.44. The molecule has 1 saturated heterocycles. The largest absolute Gasteiger partial charge is 0.496 e. The van der Waals surface area contributed by atoms with Crippen molar-refractivity contribution in [2.24, 2.45) is 0 Å². The van der Waals surface area contributed by atoms with Crippen LogP contribution < -0.4 is 10.1 Å². The van der Waals surface area contributed by atoms with Crippen molar-refractivity contribution in [3.05, 3.63) is 41.5 Å². The smallest absolute Gasteiger partial charge is 0.227 e. The first-order valence-electron chi connectivity index (χ1n) is 9.10. The van der Waals surface area contributed by atoms with Crippen molar-refractivity contribution in [3.8, 4) is 5.75 Å². The van der Waals surface area contributed by atoms with Gasteiger partial charge in [-0.15, -0.1) is 0 Å². The van der Waals surface area contributed by atoms with Crippen LogP contribution in [0.15, 0.2) is 28.8 Å². The molecule has 1 amide bonds. The number of carbonyl (C=O) groups excluding carboxylic acids is 1. The van der Waals surface area contributed by atoms with Crippen molar-refractivity contribution >= 4 is 5.91 Å². The Morgan fingerprint density at radius 2 is 2.08 bits per heavy atom. The van der Waals surface area contributed by atoms with Gasteiger partial charge >= 0.3 is 0 Å². The molecule has 2 aromatic rings. The minimum absolute atomic E-state index is 0.0856. The van der Waals surface area contributed by atoms with E-state index in [9.17, 15) is 4.79 Å². The highest BCUT2D eigenvalue weighted by Gasteiger charge is 2.25. The monoisotopic (exact) mass is 358 g/mol. The fourth-order valence-electron chi connectivity index (χ4n) is 3.44. The van der Waals surface area contributed by atoms with Gasteiger partial charge in [-0.25, -0.2) is 0 Å². The molecule has 1 unspecified atom stereocenters. The third kappa shape index (κ3) is 4.60. The van der Waals surface area contributed by atoms with Crippen LogP contribution in [-0.2, 0) is 11.2 Å². The summed E-state index contributed by atoms with van der Waals surface area (Å²) in [7, 11) is 1.68. The first-order valence-corrected chi connectivity index (χ1v) is 9.10. The minimum atomic E-state index is -0.109. The average Bonchev–Trinajstić information content (AvgIpc) is 3.07. The summed E-state index contributed by atoms with van der Waals surface area (Å²) in [5.74, 6) is 1.62. The van der Waals surface area contributed by atoms with Gasteiger partial charge in [0, 0.05) is 19.0 Å². The summed E-state index contributed by atoms with van der Waals surface area (Å²) in [6.07, 6.45) is 3.75. The second-order valence-corrected chi connectivity index (χ2v) is 6.56. The Labute approximate surface area is 153 Å². The van der Waals surface area contributed by atoms with E-state index in [4.69, 9.17) is 9.26 Å². The van der Waals surface area contributed by atoms with E-state index in [1.807, 2.05) is 18.2 Å². The number of para-hydroxylation sites is 1. The standard InChI is InChI=1S/C19H26N4O3/c1-14-21-18(22-26-14)12-19(24)20-13-16(23-10-6-3-7-11-23)15-8-4-5-9-17(15)25-2/h4-5,8-9,16H,3,6-7,10-13H2,1-2H3,(H,20,24). The normalized spacial score (nSPS) is 16.2. The maximum absolute atomic E-state index is 12.3. The summed E-state index contributed by atoms with van der Waals surface area (Å²) in [6.45, 7) is 4.30. The van der Waals surface area contributed by atoms with E-state index in [2.05, 4.69) is 26.4 Å². The quantitative estimate of drug-likeness (QED) is 0.818. The van der Waals surface area contributed by atoms with Gasteiger partial charge in [0.25, 0.3) is 0 Å². The van der Waals surface area contributed by atoms with Crippen LogP contribution >= 0.6 is 0 Å². The Morgan fingerprint density at radius 1 is 1.31 bits per heavy atom. The van der Waals surface area contributed by atoms with Gasteiger partial charge in [0.1, 0.15) is 5.75 Å². The zero-order valence-electron chi connectivity index (χ0n) is 15.4. The van der Waals surface area contributed by atoms with Gasteiger partial charge in [-0.05, 0) is 32.0 Å². The molecule has 26 heavy (non-hydrogen) atoms. The number of hydrogen-bond donors (Lipinski definition) is 1. The molecule has 1 aliphatic heterocycles.